The van der Waals surface area contributed by atoms with E-state index in [0.717, 1.165) is 12.1 Å². The Balaban J connectivity index is 1.70. The van der Waals surface area contributed by atoms with Crippen molar-refractivity contribution in [3.8, 4) is 5.69 Å². The molecule has 1 aromatic heterocycles. The van der Waals surface area contributed by atoms with Gasteiger partial charge in [-0.1, -0.05) is 11.6 Å². The van der Waals surface area contributed by atoms with E-state index in [-0.39, 0.29) is 11.4 Å². The van der Waals surface area contributed by atoms with Gasteiger partial charge in [-0.05, 0) is 42.5 Å². The first-order chi connectivity index (χ1) is 14.2. The van der Waals surface area contributed by atoms with Gasteiger partial charge < -0.3 is 10.6 Å². The molecule has 3 aromatic rings. The summed E-state index contributed by atoms with van der Waals surface area (Å²) in [5.74, 6) is 4.60. The minimum atomic E-state index is -4.64. The number of carbonyl (C=O) groups is 2. The van der Waals surface area contributed by atoms with Gasteiger partial charge in [0.25, 0.3) is 5.91 Å². The van der Waals surface area contributed by atoms with Gasteiger partial charge in [0.2, 0.25) is 0 Å². The van der Waals surface area contributed by atoms with E-state index in [1.807, 2.05) is 5.43 Å². The van der Waals surface area contributed by atoms with Crippen LogP contribution in [0, 0.1) is 0 Å². The molecule has 0 aliphatic heterocycles. The fourth-order valence-corrected chi connectivity index (χ4v) is 2.79. The maximum Gasteiger partial charge on any atom is 0.417 e. The summed E-state index contributed by atoms with van der Waals surface area (Å²) in [6.45, 7) is 0. The lowest BCUT2D eigenvalue weighted by molar-refractivity contribution is -0.137. The molecule has 0 bridgehead atoms. The standard InChI is InChI=1S/C18H14ClF3N6O2/c19-14-6-3-11(7-13(14)18(20,21)22)26-17(30)25-10-1-4-12(5-2-10)28-9-24-8-15(28)16(29)27-23/h1-9H,23H2,(H,27,29)(H2,25,26,30). The van der Waals surface area contributed by atoms with Crippen LogP contribution in [0.15, 0.2) is 55.0 Å². The Bertz CT molecular complexity index is 1080. The minimum Gasteiger partial charge on any atom is -0.308 e. The fraction of sp³-hybridized carbons (Fsp3) is 0.0556. The number of rotatable bonds is 4. The van der Waals surface area contributed by atoms with Gasteiger partial charge in [-0.25, -0.2) is 15.6 Å². The topological polar surface area (TPSA) is 114 Å². The molecule has 3 amide bonds. The van der Waals surface area contributed by atoms with Crippen LogP contribution in [0.3, 0.4) is 0 Å². The molecule has 2 aromatic carbocycles. The number of anilines is 2. The van der Waals surface area contributed by atoms with Crippen LogP contribution in [-0.4, -0.2) is 21.5 Å². The van der Waals surface area contributed by atoms with Crippen LogP contribution in [0.5, 0.6) is 0 Å². The van der Waals surface area contributed by atoms with Crippen LogP contribution >= 0.6 is 11.6 Å². The summed E-state index contributed by atoms with van der Waals surface area (Å²) in [5.41, 5.74) is 2.03. The highest BCUT2D eigenvalue weighted by Crippen LogP contribution is 2.36. The number of nitrogens with zero attached hydrogens (tertiary/aromatic N) is 2. The van der Waals surface area contributed by atoms with Gasteiger partial charge in [-0.2, -0.15) is 13.2 Å². The molecule has 30 heavy (non-hydrogen) atoms. The van der Waals surface area contributed by atoms with E-state index in [9.17, 15) is 22.8 Å². The number of nitrogens with two attached hydrogens (primary N) is 1. The molecule has 0 atom stereocenters. The van der Waals surface area contributed by atoms with Crippen molar-refractivity contribution >= 4 is 34.9 Å². The van der Waals surface area contributed by atoms with Crippen molar-refractivity contribution in [2.75, 3.05) is 10.6 Å². The van der Waals surface area contributed by atoms with Crippen molar-refractivity contribution in [1.82, 2.24) is 15.0 Å². The van der Waals surface area contributed by atoms with Crippen LogP contribution in [0.1, 0.15) is 16.1 Å². The van der Waals surface area contributed by atoms with Crippen LogP contribution in [0.25, 0.3) is 5.69 Å². The number of amides is 3. The van der Waals surface area contributed by atoms with E-state index < -0.39 is 28.7 Å². The first-order valence-electron chi connectivity index (χ1n) is 8.27. The Kier molecular flexibility index (Phi) is 5.94. The fourth-order valence-electron chi connectivity index (χ4n) is 2.56. The zero-order chi connectivity index (χ0) is 21.9. The quantitative estimate of drug-likeness (QED) is 0.282. The van der Waals surface area contributed by atoms with Crippen molar-refractivity contribution in [2.45, 2.75) is 6.18 Å². The summed E-state index contributed by atoms with van der Waals surface area (Å²) in [6, 6.07) is 8.60. The third-order valence-corrected chi connectivity index (χ3v) is 4.26. The SMILES string of the molecule is NNC(=O)c1cncn1-c1ccc(NC(=O)Nc2ccc(Cl)c(C(F)(F)F)c2)cc1. The summed E-state index contributed by atoms with van der Waals surface area (Å²) >= 11 is 5.56. The highest BCUT2D eigenvalue weighted by Gasteiger charge is 2.33. The highest BCUT2D eigenvalue weighted by molar-refractivity contribution is 6.31. The number of urea groups is 1. The lowest BCUT2D eigenvalue weighted by Gasteiger charge is -2.13. The third-order valence-electron chi connectivity index (χ3n) is 3.94. The summed E-state index contributed by atoms with van der Waals surface area (Å²) < 4.78 is 40.2. The molecule has 156 valence electrons. The predicted molar refractivity (Wildman–Crippen MR) is 104 cm³/mol. The molecule has 3 rings (SSSR count). The molecule has 12 heteroatoms. The summed E-state index contributed by atoms with van der Waals surface area (Å²) in [7, 11) is 0. The predicted octanol–water partition coefficient (Wildman–Crippen LogP) is 3.79. The number of halogens is 4. The number of hydrazine groups is 1. The maximum atomic E-state index is 12.9. The minimum absolute atomic E-state index is 0.0725. The monoisotopic (exact) mass is 438 g/mol. The number of benzene rings is 2. The molecule has 0 unspecified atom stereocenters. The van der Waals surface area contributed by atoms with Gasteiger partial charge in [-0.15, -0.1) is 0 Å². The Morgan fingerprint density at radius 3 is 2.30 bits per heavy atom. The third kappa shape index (κ3) is 4.70. The van der Waals surface area contributed by atoms with Crippen molar-refractivity contribution < 1.29 is 22.8 Å². The van der Waals surface area contributed by atoms with Crippen LogP contribution < -0.4 is 21.9 Å². The number of hydrogen-bond acceptors (Lipinski definition) is 4. The number of aromatic nitrogens is 2. The highest BCUT2D eigenvalue weighted by atomic mass is 35.5. The van der Waals surface area contributed by atoms with Gasteiger partial charge >= 0.3 is 12.2 Å². The van der Waals surface area contributed by atoms with Gasteiger partial charge in [0.05, 0.1) is 23.1 Å². The molecule has 0 saturated heterocycles. The second kappa shape index (κ2) is 8.43. The lowest BCUT2D eigenvalue weighted by atomic mass is 10.2. The van der Waals surface area contributed by atoms with E-state index in [1.54, 1.807) is 24.3 Å². The molecule has 0 aliphatic rings. The van der Waals surface area contributed by atoms with Crippen molar-refractivity contribution in [3.05, 3.63) is 71.3 Å². The van der Waals surface area contributed by atoms with Crippen molar-refractivity contribution in [3.63, 3.8) is 0 Å². The molecular formula is C18H14ClF3N6O2. The van der Waals surface area contributed by atoms with E-state index in [1.165, 1.54) is 23.2 Å². The lowest BCUT2D eigenvalue weighted by Crippen LogP contribution is -2.31. The molecule has 0 spiro atoms. The molecular weight excluding hydrogens is 425 g/mol. The number of hydrogen-bond donors (Lipinski definition) is 4. The molecule has 0 saturated carbocycles. The number of nitrogens with one attached hydrogen (secondary N) is 3. The number of carbonyl (C=O) groups excluding carboxylic acids is 2. The normalized spacial score (nSPS) is 11.1. The zero-order valence-corrected chi connectivity index (χ0v) is 15.8. The maximum absolute atomic E-state index is 12.9. The first kappa shape index (κ1) is 21.1. The van der Waals surface area contributed by atoms with Gasteiger partial charge in [-0.3, -0.25) is 14.8 Å². The second-order valence-corrected chi connectivity index (χ2v) is 6.35. The molecule has 0 fully saturated rings. The van der Waals surface area contributed by atoms with Gasteiger partial charge in [0.1, 0.15) is 5.69 Å². The smallest absolute Gasteiger partial charge is 0.308 e. The van der Waals surface area contributed by atoms with Crippen molar-refractivity contribution in [1.29, 1.82) is 0 Å². The first-order valence-corrected chi connectivity index (χ1v) is 8.65. The second-order valence-electron chi connectivity index (χ2n) is 5.94. The average molecular weight is 439 g/mol. The van der Waals surface area contributed by atoms with Gasteiger partial charge in [0.15, 0.2) is 0 Å². The largest absolute Gasteiger partial charge is 0.417 e. The number of alkyl halides is 3. The van der Waals surface area contributed by atoms with E-state index in [4.69, 9.17) is 17.4 Å². The van der Waals surface area contributed by atoms with Crippen molar-refractivity contribution in [2.24, 2.45) is 5.84 Å². The Morgan fingerprint density at radius 2 is 1.67 bits per heavy atom. The number of imidazole rings is 1. The summed E-state index contributed by atoms with van der Waals surface area (Å²) in [4.78, 5) is 27.7. The van der Waals surface area contributed by atoms with E-state index >= 15 is 0 Å². The molecule has 1 heterocycles. The average Bonchev–Trinajstić information content (AvgIpc) is 3.18. The summed E-state index contributed by atoms with van der Waals surface area (Å²) in [5, 5.41) is 4.34. The van der Waals surface area contributed by atoms with Crippen LogP contribution in [0.2, 0.25) is 5.02 Å². The Labute approximate surface area is 172 Å². The van der Waals surface area contributed by atoms with Crippen LogP contribution in [0.4, 0.5) is 29.3 Å². The van der Waals surface area contributed by atoms with Crippen LogP contribution in [-0.2, 0) is 6.18 Å². The van der Waals surface area contributed by atoms with Gasteiger partial charge in [0, 0.05) is 17.1 Å². The van der Waals surface area contributed by atoms with E-state index in [0.29, 0.717) is 11.4 Å². The Hall–Kier alpha value is -3.57. The Morgan fingerprint density at radius 1 is 1.03 bits per heavy atom. The summed E-state index contributed by atoms with van der Waals surface area (Å²) in [6.07, 6.45) is -1.89. The molecule has 0 radical (unpaired) electrons. The molecule has 5 N–H and O–H groups in total. The zero-order valence-electron chi connectivity index (χ0n) is 15.0. The number of nitrogen functional groups attached to an aromatic ring is 1. The molecule has 8 nitrogen and oxygen atoms in total. The molecule has 0 aliphatic carbocycles. The van der Waals surface area contributed by atoms with E-state index in [2.05, 4.69) is 15.6 Å².